The van der Waals surface area contributed by atoms with Crippen molar-refractivity contribution in [1.82, 2.24) is 66.4 Å². The van der Waals surface area contributed by atoms with Crippen molar-refractivity contribution in [2.75, 3.05) is 46.6 Å². The van der Waals surface area contributed by atoms with Crippen LogP contribution in [0.15, 0.2) is 93.6 Å². The zero-order chi connectivity index (χ0) is 71.0. The number of nitrogens with one attached hydrogen (secondary N) is 5. The predicted octanol–water partition coefficient (Wildman–Crippen LogP) is 7.11. The van der Waals surface area contributed by atoms with Crippen LogP contribution < -0.4 is 37.1 Å². The van der Waals surface area contributed by atoms with Gasteiger partial charge in [0, 0.05) is 75.9 Å². The number of primary amides is 1. The molecule has 9 heterocycles. The van der Waals surface area contributed by atoms with Crippen LogP contribution in [0.25, 0.3) is 43.4 Å². The number of fused-ring (bicyclic) bond motifs is 16. The fraction of sp³-hybridized carbons (Fsp3) is 0.358. The molecule has 0 radical (unpaired) electrons. The lowest BCUT2D eigenvalue weighted by molar-refractivity contribution is -0.143. The van der Waals surface area contributed by atoms with E-state index in [0.717, 1.165) is 34.0 Å². The Kier molecular flexibility index (Phi) is 22.8. The third kappa shape index (κ3) is 16.9. The summed E-state index contributed by atoms with van der Waals surface area (Å²) in [6, 6.07) is 13.8. The number of carbonyl (C=O) groups is 8. The molecule has 1 saturated heterocycles. The van der Waals surface area contributed by atoms with Crippen LogP contribution in [-0.2, 0) is 35.1 Å². The first-order chi connectivity index (χ1) is 48.7. The van der Waals surface area contributed by atoms with Crippen molar-refractivity contribution in [2.45, 2.75) is 94.8 Å². The highest BCUT2D eigenvalue weighted by Gasteiger charge is 2.46. The molecule has 28 nitrogen and oxygen atoms in total. The number of aromatic nitrogens is 7. The summed E-state index contributed by atoms with van der Waals surface area (Å²) in [5.74, 6) is -5.89. The molecule has 101 heavy (non-hydrogen) atoms. The van der Waals surface area contributed by atoms with Crippen molar-refractivity contribution < 1.29 is 67.9 Å². The smallest absolute Gasteiger partial charge is 0.306 e. The number of pyridine rings is 1. The predicted molar refractivity (Wildman–Crippen MR) is 376 cm³/mol. The molecular weight excluding hydrogens is 1420 g/mol. The Morgan fingerprint density at radius 2 is 1.37 bits per heavy atom. The van der Waals surface area contributed by atoms with Crippen LogP contribution in [0.4, 0.5) is 0 Å². The summed E-state index contributed by atoms with van der Waals surface area (Å²) >= 11 is 6.84. The third-order valence-corrected chi connectivity index (χ3v) is 22.7. The summed E-state index contributed by atoms with van der Waals surface area (Å²) in [6.07, 6.45) is -1.04. The van der Waals surface area contributed by atoms with Gasteiger partial charge >= 0.3 is 5.97 Å². The van der Waals surface area contributed by atoms with Gasteiger partial charge in [0.1, 0.15) is 93.8 Å². The Morgan fingerprint density at radius 3 is 2.12 bits per heavy atom. The average Bonchev–Trinajstić information content (AvgIpc) is 1.53. The van der Waals surface area contributed by atoms with Crippen molar-refractivity contribution in [1.29, 1.82) is 0 Å². The zero-order valence-corrected chi connectivity index (χ0v) is 59.3. The van der Waals surface area contributed by atoms with E-state index in [1.54, 1.807) is 96.9 Å². The van der Waals surface area contributed by atoms with E-state index in [1.807, 2.05) is 6.92 Å². The minimum atomic E-state index is -1.44. The highest BCUT2D eigenvalue weighted by molar-refractivity contribution is 7.15. The summed E-state index contributed by atoms with van der Waals surface area (Å²) < 4.78 is 16.2. The lowest BCUT2D eigenvalue weighted by Gasteiger charge is -2.29. The van der Waals surface area contributed by atoms with E-state index >= 15 is 4.79 Å². The molecule has 1 saturated carbocycles. The maximum atomic E-state index is 15.5. The minimum absolute atomic E-state index is 0.0407. The number of ether oxygens (including phenoxy) is 3. The summed E-state index contributed by atoms with van der Waals surface area (Å²) in [7, 11) is 1.56. The van der Waals surface area contributed by atoms with E-state index in [4.69, 9.17) is 39.9 Å². The molecule has 7 atom stereocenters. The van der Waals surface area contributed by atoms with Crippen LogP contribution in [-0.4, -0.2) is 167 Å². The molecule has 3 aliphatic rings. The van der Waals surface area contributed by atoms with Crippen molar-refractivity contribution >= 4 is 115 Å². The second-order valence-corrected chi connectivity index (χ2v) is 29.7. The van der Waals surface area contributed by atoms with Crippen LogP contribution in [0.1, 0.15) is 136 Å². The Morgan fingerprint density at radius 1 is 0.693 bits per heavy atom. The van der Waals surface area contributed by atoms with Crippen molar-refractivity contribution in [2.24, 2.45) is 17.6 Å². The molecule has 0 unspecified atom stereocenters. The molecule has 10 bridgehead atoms. The lowest BCUT2D eigenvalue weighted by Crippen LogP contribution is -2.50. The SMILES string of the molecule is COCCOCCNC(=O)COc1ccc(C[C@@H]2NC(=O)c3csc(n3)[C@H]([C@H](O)c3ccccc3)NC(=O)c3nc(sc3C)[C@H](CC(N)=O)NC(=O)c3csc(n3)-c3ccc(-c4nc(C(=O)N[C@H]5CC[C@H](C(=O)O)CC5)cs4)nc3-c3csc(n3)-c3csc(n3)[C@@H]3[C@@H](C)[C@@H](O)CN3C2=O)cc1. The number of aliphatic hydroxyl groups excluding tert-OH is 2. The van der Waals surface area contributed by atoms with Gasteiger partial charge in [-0.2, -0.15) is 0 Å². The molecule has 2 fully saturated rings. The number of thiazole rings is 6. The molecule has 2 aliphatic heterocycles. The number of carbonyl (C=O) groups excluding carboxylic acids is 7. The maximum Gasteiger partial charge on any atom is 0.306 e. The van der Waals surface area contributed by atoms with Gasteiger partial charge in [-0.25, -0.2) is 34.9 Å². The zero-order valence-electron chi connectivity index (χ0n) is 54.4. The van der Waals surface area contributed by atoms with Crippen molar-refractivity contribution in [3.05, 3.63) is 147 Å². The number of nitrogens with zero attached hydrogens (tertiary/aromatic N) is 8. The van der Waals surface area contributed by atoms with E-state index in [1.165, 1.54) is 49.7 Å². The number of nitrogens with two attached hydrogens (primary N) is 1. The van der Waals surface area contributed by atoms with E-state index in [9.17, 15) is 48.9 Å². The Balaban J connectivity index is 0.898. The van der Waals surface area contributed by atoms with E-state index in [-0.39, 0.29) is 77.5 Å². The summed E-state index contributed by atoms with van der Waals surface area (Å²) in [6.45, 7) is 4.37. The van der Waals surface area contributed by atoms with Gasteiger partial charge in [-0.1, -0.05) is 49.4 Å². The van der Waals surface area contributed by atoms with Crippen LogP contribution in [0.2, 0.25) is 0 Å². The Bertz CT molecular complexity index is 4510. The monoisotopic (exact) mass is 1480 g/mol. The number of carboxylic acid groups (broad SMARTS) is 1. The standard InChI is InChI=1S/C67H68N14O14S6/c1-32-48(82)25-81-54(32)65-78-47(31-100-65)62-74-43(27-97-62)52-39(17-18-40(71-52)61-76-44(29-98-61)56(86)70-37-13-11-36(12-14-37)67(91)92)60-75-45(28-96-60)57(87)72-41(24-49(68)83)63-80-51(33(2)101-63)59(89)79-53(55(85)35-7-5-4-6-8-35)64-77-46(30-99-64)58(88)73-42(66(81)90)23-34-9-15-38(16-10-34)95-26-50(84)69-19-20-94-22-21-93-3/h4-10,15-18,27-32,36-37,41-42,48,53-55,82,85H,11-14,19-26H2,1-3H3,(H2,68,83)(H,69,84)(H,70,86)(H,72,87)(H,73,88)(H,79,89)(H,91,92)/t32-,36-,37-,41-,42-,48-,53-,54-,55+/m0/s1. The third-order valence-electron chi connectivity index (χ3n) is 17.2. The van der Waals surface area contributed by atoms with Gasteiger partial charge in [-0.3, -0.25) is 38.4 Å². The summed E-state index contributed by atoms with van der Waals surface area (Å²) in [5.41, 5.74) is 8.60. The fourth-order valence-corrected chi connectivity index (χ4v) is 17.1. The van der Waals surface area contributed by atoms with E-state index < -0.39 is 96.0 Å². The molecular formula is C67H68N14O14S6. The fourth-order valence-electron chi connectivity index (χ4n) is 11.8. The van der Waals surface area contributed by atoms with Crippen LogP contribution in [0, 0.1) is 18.8 Å². The second-order valence-electron chi connectivity index (χ2n) is 24.1. The van der Waals surface area contributed by atoms with E-state index in [0.29, 0.717) is 109 Å². The molecule has 34 heteroatoms. The largest absolute Gasteiger partial charge is 0.484 e. The lowest BCUT2D eigenvalue weighted by atomic mass is 9.86. The van der Waals surface area contributed by atoms with Crippen LogP contribution >= 0.6 is 68.0 Å². The molecule has 1 aliphatic carbocycles. The number of aliphatic carboxylic acids is 1. The van der Waals surface area contributed by atoms with Crippen molar-refractivity contribution in [3.63, 3.8) is 0 Å². The molecule has 7 amide bonds. The Labute approximate surface area is 601 Å². The average molecular weight is 1490 g/mol. The molecule has 12 rings (SSSR count). The first-order valence-electron chi connectivity index (χ1n) is 32.0. The molecule has 10 N–H and O–H groups in total. The molecule has 0 spiro atoms. The summed E-state index contributed by atoms with van der Waals surface area (Å²) in [5, 5.41) is 57.8. The van der Waals surface area contributed by atoms with Gasteiger partial charge < -0.3 is 66.7 Å². The first-order valence-corrected chi connectivity index (χ1v) is 37.3. The normalized spacial score (nSPS) is 20.6. The number of aryl methyl sites for hydroxylation is 1. The number of hydrogen-bond donors (Lipinski definition) is 9. The topological polar surface area (TPSA) is 405 Å². The highest BCUT2D eigenvalue weighted by atomic mass is 32.1. The number of rotatable bonds is 19. The van der Waals surface area contributed by atoms with Crippen LogP contribution in [0.3, 0.4) is 0 Å². The second kappa shape index (κ2) is 32.2. The summed E-state index contributed by atoms with van der Waals surface area (Å²) in [4.78, 5) is 146. The molecule has 526 valence electrons. The van der Waals surface area contributed by atoms with E-state index in [2.05, 4.69) is 41.5 Å². The number of methoxy groups -OCH3 is 1. The van der Waals surface area contributed by atoms with Gasteiger partial charge in [0.25, 0.3) is 29.5 Å². The van der Waals surface area contributed by atoms with Gasteiger partial charge in [-0.15, -0.1) is 68.0 Å². The van der Waals surface area contributed by atoms with Crippen molar-refractivity contribution in [3.8, 4) is 49.1 Å². The number of aliphatic hydroxyl groups is 2. The maximum absolute atomic E-state index is 15.5. The first kappa shape index (κ1) is 71.6. The van der Waals surface area contributed by atoms with Crippen LogP contribution in [0.5, 0.6) is 5.75 Å². The van der Waals surface area contributed by atoms with Gasteiger partial charge in [0.15, 0.2) is 6.61 Å². The van der Waals surface area contributed by atoms with Gasteiger partial charge in [0.05, 0.1) is 56.0 Å². The highest BCUT2D eigenvalue weighted by Crippen LogP contribution is 2.43. The number of amides is 7. The molecule has 2 aromatic carbocycles. The quantitative estimate of drug-likeness (QED) is 0.0364. The molecule has 7 aromatic heterocycles. The number of carboxylic acids is 1. The number of benzene rings is 2. The minimum Gasteiger partial charge on any atom is -0.484 e. The van der Waals surface area contributed by atoms with Gasteiger partial charge in [0.2, 0.25) is 11.8 Å². The molecule has 9 aromatic rings. The Hall–Kier alpha value is -9.23. The van der Waals surface area contributed by atoms with Gasteiger partial charge in [-0.05, 0) is 68.0 Å². The number of hydrogen-bond acceptors (Lipinski definition) is 26.